The molecule has 1 heterocycles. The number of ether oxygens (including phenoxy) is 1. The van der Waals surface area contributed by atoms with Crippen LogP contribution in [0.5, 0.6) is 11.5 Å². The van der Waals surface area contributed by atoms with Gasteiger partial charge in [-0.3, -0.25) is 0 Å². The third-order valence-corrected chi connectivity index (χ3v) is 4.79. The van der Waals surface area contributed by atoms with Crippen LogP contribution in [-0.4, -0.2) is 27.7 Å². The fourth-order valence-electron chi connectivity index (χ4n) is 3.16. The number of halogens is 1. The number of nitrogen functional groups attached to an aromatic ring is 1. The fraction of sp³-hybridized carbons (Fsp3) is 0.444. The first kappa shape index (κ1) is 17.8. The van der Waals surface area contributed by atoms with E-state index < -0.39 is 0 Å². The second kappa shape index (κ2) is 8.36. The molecule has 0 aliphatic heterocycles. The standard InChI is InChI=1S/C18H23ClN4O2/c19-13-3-7-15(8-4-13)25-16-11-21-18(20)23-17(16)22-14-5-1-12(2-6-14)9-10-24/h3-4,7-8,11-12,14,24H,1-2,5-6,9-10H2,(H3,20,21,22,23)/t12-,14-. The summed E-state index contributed by atoms with van der Waals surface area (Å²) in [6.07, 6.45) is 6.75. The molecule has 4 N–H and O–H groups in total. The number of anilines is 2. The molecule has 1 fully saturated rings. The number of aliphatic hydroxyl groups excluding tert-OH is 1. The van der Waals surface area contributed by atoms with E-state index in [2.05, 4.69) is 15.3 Å². The van der Waals surface area contributed by atoms with E-state index in [1.54, 1.807) is 30.5 Å². The van der Waals surface area contributed by atoms with Crippen LogP contribution >= 0.6 is 11.6 Å². The number of rotatable bonds is 6. The molecule has 0 amide bonds. The Labute approximate surface area is 152 Å². The summed E-state index contributed by atoms with van der Waals surface area (Å²) in [5, 5.41) is 13.2. The maximum atomic E-state index is 9.07. The van der Waals surface area contributed by atoms with Gasteiger partial charge in [0.25, 0.3) is 0 Å². The molecule has 0 atom stereocenters. The second-order valence-electron chi connectivity index (χ2n) is 6.37. The number of hydrogen-bond acceptors (Lipinski definition) is 6. The number of benzene rings is 1. The maximum absolute atomic E-state index is 9.07. The van der Waals surface area contributed by atoms with Crippen molar-refractivity contribution in [2.75, 3.05) is 17.7 Å². The Hall–Kier alpha value is -2.05. The Morgan fingerprint density at radius 1 is 1.20 bits per heavy atom. The molecular weight excluding hydrogens is 340 g/mol. The molecule has 1 aliphatic carbocycles. The number of hydrogen-bond donors (Lipinski definition) is 3. The van der Waals surface area contributed by atoms with Crippen molar-refractivity contribution in [2.45, 2.75) is 38.1 Å². The largest absolute Gasteiger partial charge is 0.452 e. The van der Waals surface area contributed by atoms with Crippen molar-refractivity contribution in [3.63, 3.8) is 0 Å². The Morgan fingerprint density at radius 3 is 2.60 bits per heavy atom. The normalized spacial score (nSPS) is 20.2. The molecule has 134 valence electrons. The lowest BCUT2D eigenvalue weighted by molar-refractivity contribution is 0.225. The van der Waals surface area contributed by atoms with Crippen molar-refractivity contribution < 1.29 is 9.84 Å². The van der Waals surface area contributed by atoms with Gasteiger partial charge in [-0.25, -0.2) is 4.98 Å². The minimum atomic E-state index is 0.208. The molecule has 0 spiro atoms. The average molecular weight is 363 g/mol. The van der Waals surface area contributed by atoms with E-state index in [0.717, 1.165) is 32.1 Å². The Balaban J connectivity index is 1.68. The van der Waals surface area contributed by atoms with Crippen LogP contribution in [0, 0.1) is 5.92 Å². The van der Waals surface area contributed by atoms with Gasteiger partial charge in [0.05, 0.1) is 6.20 Å². The predicted octanol–water partition coefficient (Wildman–Crippen LogP) is 3.86. The van der Waals surface area contributed by atoms with E-state index in [1.807, 2.05) is 0 Å². The first-order valence-electron chi connectivity index (χ1n) is 8.57. The third kappa shape index (κ3) is 4.96. The smallest absolute Gasteiger partial charge is 0.222 e. The summed E-state index contributed by atoms with van der Waals surface area (Å²) in [5.74, 6) is 2.62. The van der Waals surface area contributed by atoms with Gasteiger partial charge in [0.15, 0.2) is 11.6 Å². The number of nitrogens with zero attached hydrogens (tertiary/aromatic N) is 2. The molecule has 6 nitrogen and oxygen atoms in total. The van der Waals surface area contributed by atoms with Crippen LogP contribution < -0.4 is 15.8 Å². The molecule has 25 heavy (non-hydrogen) atoms. The highest BCUT2D eigenvalue weighted by Gasteiger charge is 2.22. The lowest BCUT2D eigenvalue weighted by Gasteiger charge is -2.29. The van der Waals surface area contributed by atoms with Crippen LogP contribution in [0.2, 0.25) is 5.02 Å². The molecule has 2 aromatic rings. The van der Waals surface area contributed by atoms with E-state index in [1.165, 1.54) is 0 Å². The van der Waals surface area contributed by atoms with Gasteiger partial charge in [0.2, 0.25) is 5.95 Å². The van der Waals surface area contributed by atoms with Gasteiger partial charge in [0, 0.05) is 17.7 Å². The highest BCUT2D eigenvalue weighted by molar-refractivity contribution is 6.30. The van der Waals surface area contributed by atoms with Crippen LogP contribution in [0.15, 0.2) is 30.5 Å². The average Bonchev–Trinajstić information content (AvgIpc) is 2.61. The van der Waals surface area contributed by atoms with E-state index in [9.17, 15) is 0 Å². The summed E-state index contributed by atoms with van der Waals surface area (Å²) < 4.78 is 5.89. The van der Waals surface area contributed by atoms with Crippen molar-refractivity contribution in [1.29, 1.82) is 0 Å². The summed E-state index contributed by atoms with van der Waals surface area (Å²) in [7, 11) is 0. The van der Waals surface area contributed by atoms with Crippen LogP contribution in [-0.2, 0) is 0 Å². The van der Waals surface area contributed by atoms with Crippen LogP contribution in [0.25, 0.3) is 0 Å². The highest BCUT2D eigenvalue weighted by atomic mass is 35.5. The molecule has 1 aromatic heterocycles. The van der Waals surface area contributed by atoms with Crippen LogP contribution in [0.1, 0.15) is 32.1 Å². The monoisotopic (exact) mass is 362 g/mol. The predicted molar refractivity (Wildman–Crippen MR) is 99.0 cm³/mol. The molecule has 0 bridgehead atoms. The van der Waals surface area contributed by atoms with Crippen molar-refractivity contribution in [3.8, 4) is 11.5 Å². The molecule has 7 heteroatoms. The van der Waals surface area contributed by atoms with Crippen molar-refractivity contribution in [3.05, 3.63) is 35.5 Å². The van der Waals surface area contributed by atoms with Gasteiger partial charge in [-0.1, -0.05) is 11.6 Å². The van der Waals surface area contributed by atoms with E-state index in [-0.39, 0.29) is 12.6 Å². The van der Waals surface area contributed by atoms with Crippen LogP contribution in [0.4, 0.5) is 11.8 Å². The quantitative estimate of drug-likeness (QED) is 0.722. The lowest BCUT2D eigenvalue weighted by Crippen LogP contribution is -2.27. The van der Waals surface area contributed by atoms with Crippen LogP contribution in [0.3, 0.4) is 0 Å². The number of nitrogens with two attached hydrogens (primary N) is 1. The number of aliphatic hydroxyl groups is 1. The van der Waals surface area contributed by atoms with Gasteiger partial charge in [-0.05, 0) is 62.3 Å². The zero-order valence-corrected chi connectivity index (χ0v) is 14.7. The topological polar surface area (TPSA) is 93.3 Å². The number of aromatic nitrogens is 2. The maximum Gasteiger partial charge on any atom is 0.222 e. The molecule has 1 aliphatic rings. The number of nitrogens with one attached hydrogen (secondary N) is 1. The minimum absolute atomic E-state index is 0.208. The van der Waals surface area contributed by atoms with E-state index in [4.69, 9.17) is 27.2 Å². The van der Waals surface area contributed by atoms with E-state index >= 15 is 0 Å². The summed E-state index contributed by atoms with van der Waals surface area (Å²) in [6, 6.07) is 7.44. The van der Waals surface area contributed by atoms with Gasteiger partial charge >= 0.3 is 0 Å². The second-order valence-corrected chi connectivity index (χ2v) is 6.81. The first-order valence-corrected chi connectivity index (χ1v) is 8.95. The lowest BCUT2D eigenvalue weighted by atomic mass is 9.84. The third-order valence-electron chi connectivity index (χ3n) is 4.54. The molecule has 1 aromatic carbocycles. The van der Waals surface area contributed by atoms with Crippen molar-refractivity contribution in [1.82, 2.24) is 9.97 Å². The Bertz CT molecular complexity index is 688. The van der Waals surface area contributed by atoms with Gasteiger partial charge in [-0.15, -0.1) is 0 Å². The van der Waals surface area contributed by atoms with Gasteiger partial charge < -0.3 is 20.9 Å². The van der Waals surface area contributed by atoms with Gasteiger partial charge in [-0.2, -0.15) is 4.98 Å². The SMILES string of the molecule is Nc1ncc(Oc2ccc(Cl)cc2)c(N[C@H]2CC[C@H](CCO)CC2)n1. The molecule has 0 radical (unpaired) electrons. The Kier molecular flexibility index (Phi) is 5.94. The highest BCUT2D eigenvalue weighted by Crippen LogP contribution is 2.32. The Morgan fingerprint density at radius 2 is 1.92 bits per heavy atom. The molecule has 1 saturated carbocycles. The first-order chi connectivity index (χ1) is 12.1. The minimum Gasteiger partial charge on any atom is -0.452 e. The molecular formula is C18H23ClN4O2. The van der Waals surface area contributed by atoms with Gasteiger partial charge in [0.1, 0.15) is 5.75 Å². The zero-order chi connectivity index (χ0) is 17.6. The summed E-state index contributed by atoms with van der Waals surface area (Å²) >= 11 is 5.90. The zero-order valence-electron chi connectivity index (χ0n) is 14.0. The summed E-state index contributed by atoms with van der Waals surface area (Å²) in [5.41, 5.74) is 5.74. The van der Waals surface area contributed by atoms with Crippen molar-refractivity contribution in [2.24, 2.45) is 5.92 Å². The van der Waals surface area contributed by atoms with E-state index in [0.29, 0.717) is 34.3 Å². The summed E-state index contributed by atoms with van der Waals surface area (Å²) in [4.78, 5) is 8.33. The molecule has 0 unspecified atom stereocenters. The van der Waals surface area contributed by atoms with Crippen molar-refractivity contribution >= 4 is 23.4 Å². The molecule has 3 rings (SSSR count). The fourth-order valence-corrected chi connectivity index (χ4v) is 3.29. The molecule has 0 saturated heterocycles. The summed E-state index contributed by atoms with van der Waals surface area (Å²) in [6.45, 7) is 0.268.